The molecule has 0 fully saturated rings. The van der Waals surface area contributed by atoms with Crippen molar-refractivity contribution in [1.82, 2.24) is 0 Å². The molecule has 0 amide bonds. The van der Waals surface area contributed by atoms with E-state index in [-0.39, 0.29) is 0 Å². The third-order valence-electron chi connectivity index (χ3n) is 1.86. The summed E-state index contributed by atoms with van der Waals surface area (Å²) < 4.78 is 0. The van der Waals surface area contributed by atoms with Crippen molar-refractivity contribution in [2.24, 2.45) is 11.8 Å². The zero-order valence-corrected chi connectivity index (χ0v) is 8.73. The van der Waals surface area contributed by atoms with E-state index in [0.717, 1.165) is 12.1 Å². The van der Waals surface area contributed by atoms with Crippen LogP contribution in [0.3, 0.4) is 0 Å². The number of hydrogen-bond acceptors (Lipinski definition) is 2. The van der Waals surface area contributed by atoms with E-state index in [4.69, 9.17) is 17.4 Å². The molecule has 0 heterocycles. The quantitative estimate of drug-likeness (QED) is 0.579. The summed E-state index contributed by atoms with van der Waals surface area (Å²) in [7, 11) is 0. The van der Waals surface area contributed by atoms with E-state index in [2.05, 4.69) is 19.3 Å². The summed E-state index contributed by atoms with van der Waals surface area (Å²) >= 11 is 5.84. The molecule has 0 radical (unpaired) electrons. The van der Waals surface area contributed by atoms with Gasteiger partial charge in [0.1, 0.15) is 0 Å². The van der Waals surface area contributed by atoms with Gasteiger partial charge < -0.3 is 5.43 Å². The van der Waals surface area contributed by atoms with Crippen molar-refractivity contribution in [2.45, 2.75) is 20.3 Å². The second-order valence-electron chi connectivity index (χ2n) is 3.54. The molecule has 3 heteroatoms. The van der Waals surface area contributed by atoms with E-state index in [1.165, 1.54) is 5.56 Å². The second kappa shape index (κ2) is 4.49. The molecule has 13 heavy (non-hydrogen) atoms. The molecule has 0 aliphatic rings. The molecule has 72 valence electrons. The van der Waals surface area contributed by atoms with E-state index in [1.807, 2.05) is 18.2 Å². The number of benzene rings is 1. The van der Waals surface area contributed by atoms with Gasteiger partial charge in [0.15, 0.2) is 0 Å². The first-order chi connectivity index (χ1) is 6.13. The Morgan fingerprint density at radius 2 is 2.15 bits per heavy atom. The lowest BCUT2D eigenvalue weighted by molar-refractivity contribution is 0.648. The van der Waals surface area contributed by atoms with E-state index in [9.17, 15) is 0 Å². The Balaban J connectivity index is 2.92. The summed E-state index contributed by atoms with van der Waals surface area (Å²) in [6.07, 6.45) is 1.01. The number of nitrogens with two attached hydrogens (primary N) is 1. The van der Waals surface area contributed by atoms with Crippen LogP contribution in [0, 0.1) is 5.92 Å². The fourth-order valence-electron chi connectivity index (χ4n) is 1.30. The minimum absolute atomic E-state index is 0.619. The molecule has 1 rings (SSSR count). The van der Waals surface area contributed by atoms with Crippen molar-refractivity contribution in [1.29, 1.82) is 0 Å². The molecule has 0 spiro atoms. The van der Waals surface area contributed by atoms with Crippen LogP contribution in [0.2, 0.25) is 5.02 Å². The first-order valence-electron chi connectivity index (χ1n) is 4.38. The highest BCUT2D eigenvalue weighted by molar-refractivity contribution is 6.30. The average molecular weight is 199 g/mol. The Kier molecular flexibility index (Phi) is 3.58. The topological polar surface area (TPSA) is 38.0 Å². The van der Waals surface area contributed by atoms with Crippen molar-refractivity contribution < 1.29 is 0 Å². The third-order valence-corrected chi connectivity index (χ3v) is 2.09. The minimum Gasteiger partial charge on any atom is -0.324 e. The summed E-state index contributed by atoms with van der Waals surface area (Å²) in [5.74, 6) is 6.01. The lowest BCUT2D eigenvalue weighted by atomic mass is 10.0. The van der Waals surface area contributed by atoms with Crippen LogP contribution in [-0.4, -0.2) is 0 Å². The van der Waals surface area contributed by atoms with Gasteiger partial charge in [-0.2, -0.15) is 0 Å². The highest BCUT2D eigenvalue weighted by Gasteiger charge is 2.03. The van der Waals surface area contributed by atoms with Crippen LogP contribution in [0.25, 0.3) is 0 Å². The van der Waals surface area contributed by atoms with E-state index in [0.29, 0.717) is 10.9 Å². The normalized spacial score (nSPS) is 10.5. The number of hydrogen-bond donors (Lipinski definition) is 2. The van der Waals surface area contributed by atoms with Crippen LogP contribution in [0.15, 0.2) is 18.2 Å². The standard InChI is InChI=1S/C10H15ClN2/c1-7(2)5-8-3-4-9(11)6-10(8)13-12/h3-4,6-7,13H,5,12H2,1-2H3. The van der Waals surface area contributed by atoms with Crippen LogP contribution in [-0.2, 0) is 6.42 Å². The monoisotopic (exact) mass is 198 g/mol. The zero-order valence-electron chi connectivity index (χ0n) is 7.97. The Labute approximate surface area is 84.1 Å². The molecule has 1 aromatic carbocycles. The van der Waals surface area contributed by atoms with Gasteiger partial charge in [-0.3, -0.25) is 5.84 Å². The molecule has 0 saturated heterocycles. The number of nitrogens with one attached hydrogen (secondary N) is 1. The minimum atomic E-state index is 0.619. The second-order valence-corrected chi connectivity index (χ2v) is 3.98. The van der Waals surface area contributed by atoms with Gasteiger partial charge in [0.2, 0.25) is 0 Å². The van der Waals surface area contributed by atoms with Crippen molar-refractivity contribution in [3.05, 3.63) is 28.8 Å². The number of rotatable bonds is 3. The van der Waals surface area contributed by atoms with Crippen LogP contribution in [0.5, 0.6) is 0 Å². The Morgan fingerprint density at radius 1 is 1.46 bits per heavy atom. The molecule has 0 saturated carbocycles. The van der Waals surface area contributed by atoms with Crippen molar-refractivity contribution >= 4 is 17.3 Å². The van der Waals surface area contributed by atoms with E-state index < -0.39 is 0 Å². The molecule has 0 atom stereocenters. The maximum Gasteiger partial charge on any atom is 0.0531 e. The molecule has 1 aromatic rings. The lowest BCUT2D eigenvalue weighted by Gasteiger charge is -2.10. The number of anilines is 1. The number of nitrogen functional groups attached to an aromatic ring is 1. The summed E-state index contributed by atoms with van der Waals surface area (Å²) in [5, 5.41) is 0.709. The van der Waals surface area contributed by atoms with Crippen LogP contribution in [0.4, 0.5) is 5.69 Å². The van der Waals surface area contributed by atoms with Crippen LogP contribution < -0.4 is 11.3 Å². The van der Waals surface area contributed by atoms with Gasteiger partial charge in [0, 0.05) is 5.02 Å². The number of halogens is 1. The molecule has 0 aliphatic heterocycles. The maximum atomic E-state index is 5.84. The molecular formula is C10H15ClN2. The Hall–Kier alpha value is -0.730. The predicted octanol–water partition coefficient (Wildman–Crippen LogP) is 2.82. The largest absolute Gasteiger partial charge is 0.324 e. The van der Waals surface area contributed by atoms with Gasteiger partial charge in [0.25, 0.3) is 0 Å². The first kappa shape index (κ1) is 10.4. The SMILES string of the molecule is CC(C)Cc1ccc(Cl)cc1NN. The zero-order chi connectivity index (χ0) is 9.84. The molecule has 3 N–H and O–H groups in total. The summed E-state index contributed by atoms with van der Waals surface area (Å²) in [5.41, 5.74) is 4.79. The smallest absolute Gasteiger partial charge is 0.0531 e. The van der Waals surface area contributed by atoms with Crippen LogP contribution >= 0.6 is 11.6 Å². The molecular weight excluding hydrogens is 184 g/mol. The Bertz CT molecular complexity index is 284. The molecule has 0 bridgehead atoms. The summed E-state index contributed by atoms with van der Waals surface area (Å²) in [6.45, 7) is 4.35. The van der Waals surface area contributed by atoms with Gasteiger partial charge in [0.05, 0.1) is 5.69 Å². The average Bonchev–Trinajstić information content (AvgIpc) is 2.07. The highest BCUT2D eigenvalue weighted by Crippen LogP contribution is 2.22. The van der Waals surface area contributed by atoms with Crippen molar-refractivity contribution in [2.75, 3.05) is 5.43 Å². The van der Waals surface area contributed by atoms with Gasteiger partial charge in [-0.05, 0) is 30.0 Å². The van der Waals surface area contributed by atoms with Gasteiger partial charge in [-0.15, -0.1) is 0 Å². The maximum absolute atomic E-state index is 5.84. The van der Waals surface area contributed by atoms with E-state index in [1.54, 1.807) is 0 Å². The van der Waals surface area contributed by atoms with E-state index >= 15 is 0 Å². The van der Waals surface area contributed by atoms with Crippen LogP contribution in [0.1, 0.15) is 19.4 Å². The summed E-state index contributed by atoms with van der Waals surface area (Å²) in [6, 6.07) is 5.75. The molecule has 0 aliphatic carbocycles. The summed E-state index contributed by atoms with van der Waals surface area (Å²) in [4.78, 5) is 0. The van der Waals surface area contributed by atoms with Crippen molar-refractivity contribution in [3.8, 4) is 0 Å². The fourth-order valence-corrected chi connectivity index (χ4v) is 1.47. The highest BCUT2D eigenvalue weighted by atomic mass is 35.5. The van der Waals surface area contributed by atoms with Gasteiger partial charge >= 0.3 is 0 Å². The Morgan fingerprint density at radius 3 is 2.69 bits per heavy atom. The number of hydrazine groups is 1. The molecule has 2 nitrogen and oxygen atoms in total. The van der Waals surface area contributed by atoms with Crippen molar-refractivity contribution in [3.63, 3.8) is 0 Å². The predicted molar refractivity (Wildman–Crippen MR) is 57.8 cm³/mol. The fraction of sp³-hybridized carbons (Fsp3) is 0.400. The third kappa shape index (κ3) is 2.90. The first-order valence-corrected chi connectivity index (χ1v) is 4.76. The van der Waals surface area contributed by atoms with Gasteiger partial charge in [-0.25, -0.2) is 0 Å². The molecule has 0 aromatic heterocycles. The lowest BCUT2D eigenvalue weighted by Crippen LogP contribution is -2.10. The van der Waals surface area contributed by atoms with Gasteiger partial charge in [-0.1, -0.05) is 31.5 Å². The molecule has 0 unspecified atom stereocenters.